The van der Waals surface area contributed by atoms with Crippen molar-refractivity contribution in [1.82, 2.24) is 14.4 Å². The zero-order valence-electron chi connectivity index (χ0n) is 14.2. The van der Waals surface area contributed by atoms with E-state index in [1.165, 1.54) is 4.31 Å². The molecule has 6 nitrogen and oxygen atoms in total. The summed E-state index contributed by atoms with van der Waals surface area (Å²) in [5.74, 6) is 0.938. The Bertz CT molecular complexity index is 972. The summed E-state index contributed by atoms with van der Waals surface area (Å²) in [6.07, 6.45) is 1.59. The lowest BCUT2D eigenvalue weighted by Crippen LogP contribution is -2.39. The van der Waals surface area contributed by atoms with Gasteiger partial charge in [-0.25, -0.2) is 8.42 Å². The third-order valence-electron chi connectivity index (χ3n) is 4.59. The highest BCUT2D eigenvalue weighted by atomic mass is 32.2. The van der Waals surface area contributed by atoms with E-state index >= 15 is 0 Å². The molecule has 0 saturated carbocycles. The van der Waals surface area contributed by atoms with E-state index in [9.17, 15) is 8.42 Å². The molecular formula is C19H19N3O3S. The number of aromatic nitrogens is 2. The van der Waals surface area contributed by atoms with E-state index in [0.29, 0.717) is 29.7 Å². The Morgan fingerprint density at radius 1 is 1.00 bits per heavy atom. The smallest absolute Gasteiger partial charge is 0.243 e. The van der Waals surface area contributed by atoms with Gasteiger partial charge < -0.3 is 4.52 Å². The maximum atomic E-state index is 12.9. The van der Waals surface area contributed by atoms with Gasteiger partial charge in [0.1, 0.15) is 0 Å². The maximum absolute atomic E-state index is 12.9. The zero-order chi connectivity index (χ0) is 18.0. The molecule has 1 saturated heterocycles. The fourth-order valence-corrected chi connectivity index (χ4v) is 4.75. The molecule has 3 aromatic rings. The van der Waals surface area contributed by atoms with Gasteiger partial charge in [-0.1, -0.05) is 53.7 Å². The predicted octanol–water partition coefficient (Wildman–Crippen LogP) is 3.30. The normalized spacial score (nSPS) is 18.7. The fraction of sp³-hybridized carbons (Fsp3) is 0.263. The number of hydrogen-bond donors (Lipinski definition) is 0. The number of rotatable bonds is 4. The summed E-state index contributed by atoms with van der Waals surface area (Å²) in [5.41, 5.74) is 0.882. The summed E-state index contributed by atoms with van der Waals surface area (Å²) >= 11 is 0. The molecule has 1 atom stereocenters. The largest absolute Gasteiger partial charge is 0.339 e. The Morgan fingerprint density at radius 3 is 2.42 bits per heavy atom. The first-order valence-corrected chi connectivity index (χ1v) is 10.0. The summed E-state index contributed by atoms with van der Waals surface area (Å²) in [6, 6.07) is 18.1. The SMILES string of the molecule is O=S(=O)(c1ccccc1)N1CCCC(c2nc(-c3ccccc3)no2)C1. The van der Waals surface area contributed by atoms with Crippen molar-refractivity contribution in [2.45, 2.75) is 23.7 Å². The van der Waals surface area contributed by atoms with Crippen LogP contribution in [0.25, 0.3) is 11.4 Å². The number of benzene rings is 2. The van der Waals surface area contributed by atoms with Crippen molar-refractivity contribution in [2.24, 2.45) is 0 Å². The van der Waals surface area contributed by atoms with E-state index in [4.69, 9.17) is 4.52 Å². The second kappa shape index (κ2) is 7.01. The van der Waals surface area contributed by atoms with E-state index < -0.39 is 10.0 Å². The topological polar surface area (TPSA) is 76.3 Å². The molecule has 0 N–H and O–H groups in total. The third-order valence-corrected chi connectivity index (χ3v) is 6.47. The molecule has 0 aliphatic carbocycles. The first-order valence-electron chi connectivity index (χ1n) is 8.59. The van der Waals surface area contributed by atoms with E-state index in [1.54, 1.807) is 24.3 Å². The molecular weight excluding hydrogens is 350 g/mol. The van der Waals surface area contributed by atoms with E-state index in [1.807, 2.05) is 36.4 Å². The molecule has 26 heavy (non-hydrogen) atoms. The van der Waals surface area contributed by atoms with Gasteiger partial charge in [-0.15, -0.1) is 0 Å². The minimum Gasteiger partial charge on any atom is -0.339 e. The standard InChI is InChI=1S/C19H19N3O3S/c23-26(24,17-11-5-2-6-12-17)22-13-7-10-16(14-22)19-20-18(21-25-19)15-8-3-1-4-9-15/h1-6,8-9,11-12,16H,7,10,13-14H2. The first-order chi connectivity index (χ1) is 12.6. The Morgan fingerprint density at radius 2 is 1.69 bits per heavy atom. The molecule has 0 spiro atoms. The molecule has 0 amide bonds. The van der Waals surface area contributed by atoms with Crippen LogP contribution in [0.5, 0.6) is 0 Å². The van der Waals surface area contributed by atoms with Gasteiger partial charge in [0.05, 0.1) is 10.8 Å². The molecule has 1 aliphatic heterocycles. The minimum atomic E-state index is -3.50. The Hall–Kier alpha value is -2.51. The summed E-state index contributed by atoms with van der Waals surface area (Å²) in [5, 5.41) is 4.05. The molecule has 0 radical (unpaired) electrons. The van der Waals surface area contributed by atoms with Crippen molar-refractivity contribution in [1.29, 1.82) is 0 Å². The van der Waals surface area contributed by atoms with E-state index in [0.717, 1.165) is 18.4 Å². The van der Waals surface area contributed by atoms with Crippen molar-refractivity contribution in [2.75, 3.05) is 13.1 Å². The average Bonchev–Trinajstić information content (AvgIpc) is 3.20. The second-order valence-electron chi connectivity index (χ2n) is 6.34. The van der Waals surface area contributed by atoms with E-state index in [-0.39, 0.29) is 5.92 Å². The van der Waals surface area contributed by atoms with Crippen LogP contribution < -0.4 is 0 Å². The first kappa shape index (κ1) is 16.9. The van der Waals surface area contributed by atoms with Gasteiger partial charge in [-0.3, -0.25) is 0 Å². The zero-order valence-corrected chi connectivity index (χ0v) is 15.0. The van der Waals surface area contributed by atoms with Gasteiger partial charge in [0.25, 0.3) is 0 Å². The Balaban J connectivity index is 1.55. The number of sulfonamides is 1. The van der Waals surface area contributed by atoms with E-state index in [2.05, 4.69) is 10.1 Å². The molecule has 1 fully saturated rings. The lowest BCUT2D eigenvalue weighted by Gasteiger charge is -2.30. The molecule has 1 unspecified atom stereocenters. The highest BCUT2D eigenvalue weighted by Crippen LogP contribution is 2.30. The van der Waals surface area contributed by atoms with Crippen LogP contribution in [0.4, 0.5) is 0 Å². The van der Waals surface area contributed by atoms with Gasteiger partial charge in [0.15, 0.2) is 0 Å². The highest BCUT2D eigenvalue weighted by molar-refractivity contribution is 7.89. The van der Waals surface area contributed by atoms with Crippen LogP contribution in [0.15, 0.2) is 70.1 Å². The fourth-order valence-electron chi connectivity index (χ4n) is 3.21. The number of piperidine rings is 1. The van der Waals surface area contributed by atoms with Gasteiger partial charge >= 0.3 is 0 Å². The van der Waals surface area contributed by atoms with Gasteiger partial charge in [-0.2, -0.15) is 9.29 Å². The molecule has 1 aromatic heterocycles. The Kier molecular flexibility index (Phi) is 4.57. The van der Waals surface area contributed by atoms with Crippen LogP contribution in [0.3, 0.4) is 0 Å². The van der Waals surface area contributed by atoms with Crippen molar-refractivity contribution >= 4 is 10.0 Å². The predicted molar refractivity (Wildman–Crippen MR) is 96.9 cm³/mol. The van der Waals surface area contributed by atoms with Crippen LogP contribution in [0.1, 0.15) is 24.7 Å². The maximum Gasteiger partial charge on any atom is 0.243 e. The van der Waals surface area contributed by atoms with Crippen molar-refractivity contribution < 1.29 is 12.9 Å². The average molecular weight is 369 g/mol. The molecule has 1 aliphatic rings. The lowest BCUT2D eigenvalue weighted by molar-refractivity contribution is 0.265. The molecule has 0 bridgehead atoms. The molecule has 134 valence electrons. The van der Waals surface area contributed by atoms with Crippen LogP contribution in [-0.2, 0) is 10.0 Å². The lowest BCUT2D eigenvalue weighted by atomic mass is 10.00. The van der Waals surface area contributed by atoms with Gasteiger partial charge in [0.2, 0.25) is 21.7 Å². The quantitative estimate of drug-likeness (QED) is 0.705. The molecule has 2 aromatic carbocycles. The van der Waals surface area contributed by atoms with Crippen molar-refractivity contribution in [3.8, 4) is 11.4 Å². The van der Waals surface area contributed by atoms with Crippen LogP contribution in [-0.4, -0.2) is 36.0 Å². The second-order valence-corrected chi connectivity index (χ2v) is 8.28. The van der Waals surface area contributed by atoms with Gasteiger partial charge in [-0.05, 0) is 25.0 Å². The van der Waals surface area contributed by atoms with Gasteiger partial charge in [0, 0.05) is 18.7 Å². The molecule has 7 heteroatoms. The van der Waals surface area contributed by atoms with Crippen LogP contribution in [0, 0.1) is 0 Å². The number of nitrogens with zero attached hydrogens (tertiary/aromatic N) is 3. The minimum absolute atomic E-state index is 0.0906. The summed E-state index contributed by atoms with van der Waals surface area (Å²) in [6.45, 7) is 0.862. The summed E-state index contributed by atoms with van der Waals surface area (Å²) < 4.78 is 32.7. The van der Waals surface area contributed by atoms with Crippen LogP contribution in [0.2, 0.25) is 0 Å². The third kappa shape index (κ3) is 3.27. The van der Waals surface area contributed by atoms with Crippen molar-refractivity contribution in [3.63, 3.8) is 0 Å². The van der Waals surface area contributed by atoms with Crippen molar-refractivity contribution in [3.05, 3.63) is 66.6 Å². The highest BCUT2D eigenvalue weighted by Gasteiger charge is 2.33. The molecule has 4 rings (SSSR count). The Labute approximate surface area is 152 Å². The van der Waals surface area contributed by atoms with Crippen LogP contribution >= 0.6 is 0 Å². The summed E-state index contributed by atoms with van der Waals surface area (Å²) in [4.78, 5) is 4.81. The molecule has 2 heterocycles. The monoisotopic (exact) mass is 369 g/mol. The number of hydrogen-bond acceptors (Lipinski definition) is 5. The summed E-state index contributed by atoms with van der Waals surface area (Å²) in [7, 11) is -3.50.